The van der Waals surface area contributed by atoms with Crippen molar-refractivity contribution in [2.24, 2.45) is 0 Å². The molecule has 0 bridgehead atoms. The lowest BCUT2D eigenvalue weighted by molar-refractivity contribution is 0.0694. The summed E-state index contributed by atoms with van der Waals surface area (Å²) in [4.78, 5) is 10.9. The normalized spacial score (nSPS) is 10.1. The summed E-state index contributed by atoms with van der Waals surface area (Å²) < 4.78 is 10.2. The molecule has 5 nitrogen and oxygen atoms in total. The molecular formula is C13H13NO4. The highest BCUT2D eigenvalue weighted by atomic mass is 16.5. The van der Waals surface area contributed by atoms with Crippen LogP contribution in [0.25, 0.3) is 0 Å². The molecule has 0 unspecified atom stereocenters. The van der Waals surface area contributed by atoms with E-state index in [2.05, 4.69) is 5.32 Å². The second-order valence-corrected chi connectivity index (χ2v) is 3.64. The van der Waals surface area contributed by atoms with Crippen LogP contribution in [-0.2, 0) is 6.54 Å². The number of anilines is 1. The number of hydrogen-bond donors (Lipinski definition) is 2. The molecule has 94 valence electrons. The van der Waals surface area contributed by atoms with Gasteiger partial charge in [0.1, 0.15) is 17.1 Å². The summed E-state index contributed by atoms with van der Waals surface area (Å²) in [5, 5.41) is 12.0. The van der Waals surface area contributed by atoms with Crippen LogP contribution in [0.5, 0.6) is 5.75 Å². The van der Waals surface area contributed by atoms with Gasteiger partial charge in [-0.05, 0) is 30.3 Å². The van der Waals surface area contributed by atoms with Crippen LogP contribution in [0.3, 0.4) is 0 Å². The van der Waals surface area contributed by atoms with Crippen LogP contribution in [-0.4, -0.2) is 18.2 Å². The number of carboxylic acid groups (broad SMARTS) is 1. The number of furan rings is 1. The third-order valence-electron chi connectivity index (χ3n) is 2.52. The van der Waals surface area contributed by atoms with E-state index in [9.17, 15) is 4.79 Å². The molecule has 0 atom stereocenters. The topological polar surface area (TPSA) is 71.7 Å². The Balaban J connectivity index is 2.02. The molecule has 0 aliphatic heterocycles. The van der Waals surface area contributed by atoms with Crippen molar-refractivity contribution in [3.8, 4) is 5.75 Å². The van der Waals surface area contributed by atoms with Gasteiger partial charge in [-0.1, -0.05) is 0 Å². The van der Waals surface area contributed by atoms with Crippen molar-refractivity contribution in [3.63, 3.8) is 0 Å². The zero-order chi connectivity index (χ0) is 13.0. The number of carbonyl (C=O) groups is 1. The molecule has 1 heterocycles. The molecule has 0 fully saturated rings. The van der Waals surface area contributed by atoms with Crippen LogP contribution >= 0.6 is 0 Å². The molecule has 0 amide bonds. The molecular weight excluding hydrogens is 234 g/mol. The number of rotatable bonds is 5. The molecule has 0 aliphatic rings. The standard InChI is InChI=1S/C13H13NO4/c1-17-10-4-2-9(3-5-10)14-8-12-11(13(15)16)6-7-18-12/h2-7,14H,8H2,1H3,(H,15,16). The maximum Gasteiger partial charge on any atom is 0.339 e. The van der Waals surface area contributed by atoms with Crippen LogP contribution in [0.2, 0.25) is 0 Å². The fourth-order valence-electron chi connectivity index (χ4n) is 1.56. The summed E-state index contributed by atoms with van der Waals surface area (Å²) in [5.41, 5.74) is 1.04. The van der Waals surface area contributed by atoms with E-state index in [0.29, 0.717) is 12.3 Å². The quantitative estimate of drug-likeness (QED) is 0.849. The van der Waals surface area contributed by atoms with Crippen LogP contribution in [0.15, 0.2) is 41.0 Å². The zero-order valence-corrected chi connectivity index (χ0v) is 9.84. The predicted octanol–water partition coefficient (Wildman–Crippen LogP) is 2.60. The maximum atomic E-state index is 10.9. The lowest BCUT2D eigenvalue weighted by Gasteiger charge is -2.06. The molecule has 0 saturated carbocycles. The van der Waals surface area contributed by atoms with E-state index in [4.69, 9.17) is 14.3 Å². The van der Waals surface area contributed by atoms with E-state index in [-0.39, 0.29) is 5.56 Å². The number of methoxy groups -OCH3 is 1. The van der Waals surface area contributed by atoms with E-state index in [0.717, 1.165) is 11.4 Å². The molecule has 1 aromatic heterocycles. The van der Waals surface area contributed by atoms with Crippen molar-refractivity contribution < 1.29 is 19.1 Å². The molecule has 2 N–H and O–H groups in total. The Hall–Kier alpha value is -2.43. The first kappa shape index (κ1) is 12.0. The van der Waals surface area contributed by atoms with E-state index in [1.165, 1.54) is 12.3 Å². The second-order valence-electron chi connectivity index (χ2n) is 3.64. The van der Waals surface area contributed by atoms with Crippen LogP contribution in [0.1, 0.15) is 16.1 Å². The van der Waals surface area contributed by atoms with Gasteiger partial charge in [-0.2, -0.15) is 0 Å². The number of benzene rings is 1. The smallest absolute Gasteiger partial charge is 0.339 e. The minimum atomic E-state index is -0.990. The van der Waals surface area contributed by atoms with E-state index in [1.807, 2.05) is 24.3 Å². The predicted molar refractivity (Wildman–Crippen MR) is 66.0 cm³/mol. The summed E-state index contributed by atoms with van der Waals surface area (Å²) in [6.45, 7) is 0.320. The van der Waals surface area contributed by atoms with Crippen molar-refractivity contribution in [2.45, 2.75) is 6.54 Å². The minimum absolute atomic E-state index is 0.177. The van der Waals surface area contributed by atoms with Gasteiger partial charge in [0, 0.05) is 5.69 Å². The lowest BCUT2D eigenvalue weighted by Crippen LogP contribution is -2.04. The van der Waals surface area contributed by atoms with Crippen molar-refractivity contribution >= 4 is 11.7 Å². The van der Waals surface area contributed by atoms with Gasteiger partial charge >= 0.3 is 5.97 Å². The molecule has 1 aromatic carbocycles. The first-order valence-electron chi connectivity index (χ1n) is 5.38. The minimum Gasteiger partial charge on any atom is -0.497 e. The van der Waals surface area contributed by atoms with E-state index >= 15 is 0 Å². The highest BCUT2D eigenvalue weighted by molar-refractivity contribution is 5.88. The summed E-state index contributed by atoms with van der Waals surface area (Å²) in [5.74, 6) is 0.179. The van der Waals surface area contributed by atoms with Gasteiger partial charge in [-0.15, -0.1) is 0 Å². The van der Waals surface area contributed by atoms with Crippen molar-refractivity contribution in [1.29, 1.82) is 0 Å². The number of carboxylic acids is 1. The summed E-state index contributed by atoms with van der Waals surface area (Å²) >= 11 is 0. The Morgan fingerprint density at radius 1 is 1.33 bits per heavy atom. The third kappa shape index (κ3) is 2.63. The molecule has 2 rings (SSSR count). The SMILES string of the molecule is COc1ccc(NCc2occc2C(=O)O)cc1. The summed E-state index contributed by atoms with van der Waals surface area (Å²) in [7, 11) is 1.60. The molecule has 0 radical (unpaired) electrons. The monoisotopic (exact) mass is 247 g/mol. The number of hydrogen-bond acceptors (Lipinski definition) is 4. The van der Waals surface area contributed by atoms with Crippen molar-refractivity contribution in [3.05, 3.63) is 47.9 Å². The van der Waals surface area contributed by atoms with Crippen LogP contribution in [0.4, 0.5) is 5.69 Å². The molecule has 0 saturated heterocycles. The zero-order valence-electron chi connectivity index (χ0n) is 9.84. The van der Waals surface area contributed by atoms with Crippen LogP contribution < -0.4 is 10.1 Å². The Labute approximate surface area is 104 Å². The van der Waals surface area contributed by atoms with Gasteiger partial charge in [0.15, 0.2) is 0 Å². The Morgan fingerprint density at radius 2 is 2.06 bits per heavy atom. The van der Waals surface area contributed by atoms with Gasteiger partial charge in [-0.25, -0.2) is 4.79 Å². The van der Waals surface area contributed by atoms with Gasteiger partial charge in [0.05, 0.1) is 19.9 Å². The average molecular weight is 247 g/mol. The Morgan fingerprint density at radius 3 is 2.67 bits per heavy atom. The van der Waals surface area contributed by atoms with E-state index < -0.39 is 5.97 Å². The maximum absolute atomic E-state index is 10.9. The summed E-state index contributed by atoms with van der Waals surface area (Å²) in [6.07, 6.45) is 1.37. The van der Waals surface area contributed by atoms with Gasteiger partial charge in [0.2, 0.25) is 0 Å². The first-order valence-corrected chi connectivity index (χ1v) is 5.38. The molecule has 2 aromatic rings. The fourth-order valence-corrected chi connectivity index (χ4v) is 1.56. The fraction of sp³-hybridized carbons (Fsp3) is 0.154. The number of ether oxygens (including phenoxy) is 1. The Kier molecular flexibility index (Phi) is 3.52. The molecule has 18 heavy (non-hydrogen) atoms. The van der Waals surface area contributed by atoms with Gasteiger partial charge < -0.3 is 19.6 Å². The molecule has 0 aliphatic carbocycles. The second kappa shape index (κ2) is 5.27. The van der Waals surface area contributed by atoms with Crippen molar-refractivity contribution in [1.82, 2.24) is 0 Å². The third-order valence-corrected chi connectivity index (χ3v) is 2.52. The average Bonchev–Trinajstić information content (AvgIpc) is 2.85. The number of nitrogens with one attached hydrogen (secondary N) is 1. The summed E-state index contributed by atoms with van der Waals surface area (Å²) in [6, 6.07) is 8.78. The van der Waals surface area contributed by atoms with Crippen molar-refractivity contribution in [2.75, 3.05) is 12.4 Å². The largest absolute Gasteiger partial charge is 0.497 e. The highest BCUT2D eigenvalue weighted by Crippen LogP contribution is 2.17. The van der Waals surface area contributed by atoms with Crippen LogP contribution in [0, 0.1) is 0 Å². The van der Waals surface area contributed by atoms with E-state index in [1.54, 1.807) is 7.11 Å². The molecule has 5 heteroatoms. The Bertz CT molecular complexity index is 530. The molecule has 0 spiro atoms. The highest BCUT2D eigenvalue weighted by Gasteiger charge is 2.12. The lowest BCUT2D eigenvalue weighted by atomic mass is 10.2. The number of aromatic carboxylic acids is 1. The first-order chi connectivity index (χ1) is 8.70. The van der Waals surface area contributed by atoms with Gasteiger partial charge in [-0.3, -0.25) is 0 Å². The van der Waals surface area contributed by atoms with Gasteiger partial charge in [0.25, 0.3) is 0 Å².